The lowest BCUT2D eigenvalue weighted by Crippen LogP contribution is -2.47. The predicted octanol–water partition coefficient (Wildman–Crippen LogP) is 1.40. The molecule has 8 nitrogen and oxygen atoms in total. The SMILES string of the molecule is CN1CCN(C(=O)c2ccc(CNC(=O)C3CCCN(c4ncccn4)C3)cc2)CC1. The van der Waals surface area contributed by atoms with Crippen LogP contribution >= 0.6 is 0 Å². The minimum Gasteiger partial charge on any atom is -0.352 e. The summed E-state index contributed by atoms with van der Waals surface area (Å²) < 4.78 is 0. The number of rotatable bonds is 5. The highest BCUT2D eigenvalue weighted by Gasteiger charge is 2.27. The maximum atomic E-state index is 12.7. The van der Waals surface area contributed by atoms with E-state index in [-0.39, 0.29) is 17.7 Å². The first-order chi connectivity index (χ1) is 15.1. The molecule has 1 N–H and O–H groups in total. The van der Waals surface area contributed by atoms with Gasteiger partial charge in [-0.3, -0.25) is 9.59 Å². The van der Waals surface area contributed by atoms with Crippen molar-refractivity contribution in [3.8, 4) is 0 Å². The molecular weight excluding hydrogens is 392 g/mol. The van der Waals surface area contributed by atoms with Crippen molar-refractivity contribution >= 4 is 17.8 Å². The third kappa shape index (κ3) is 5.38. The second-order valence-electron chi connectivity index (χ2n) is 8.34. The van der Waals surface area contributed by atoms with Gasteiger partial charge in [-0.05, 0) is 43.7 Å². The minimum atomic E-state index is -0.0735. The van der Waals surface area contributed by atoms with Gasteiger partial charge in [0.15, 0.2) is 0 Å². The fraction of sp³-hybridized carbons (Fsp3) is 0.478. The molecule has 0 radical (unpaired) electrons. The van der Waals surface area contributed by atoms with Gasteiger partial charge < -0.3 is 20.0 Å². The van der Waals surface area contributed by atoms with Crippen molar-refractivity contribution in [1.29, 1.82) is 0 Å². The molecule has 164 valence electrons. The number of carbonyl (C=O) groups is 2. The highest BCUT2D eigenvalue weighted by atomic mass is 16.2. The molecule has 1 aromatic carbocycles. The zero-order valence-electron chi connectivity index (χ0n) is 18.0. The van der Waals surface area contributed by atoms with Crippen molar-refractivity contribution < 1.29 is 9.59 Å². The van der Waals surface area contributed by atoms with Gasteiger partial charge in [0.1, 0.15) is 0 Å². The molecule has 31 heavy (non-hydrogen) atoms. The van der Waals surface area contributed by atoms with Crippen LogP contribution in [0.25, 0.3) is 0 Å². The molecule has 1 unspecified atom stereocenters. The number of likely N-dealkylation sites (N-methyl/N-ethyl adjacent to an activating group) is 1. The molecule has 1 aromatic heterocycles. The fourth-order valence-corrected chi connectivity index (χ4v) is 4.12. The molecule has 2 aliphatic rings. The molecule has 0 spiro atoms. The molecule has 2 fully saturated rings. The summed E-state index contributed by atoms with van der Waals surface area (Å²) >= 11 is 0. The van der Waals surface area contributed by atoms with E-state index in [4.69, 9.17) is 0 Å². The van der Waals surface area contributed by atoms with E-state index in [0.717, 1.165) is 51.1 Å². The second kappa shape index (κ2) is 9.87. The number of nitrogens with one attached hydrogen (secondary N) is 1. The summed E-state index contributed by atoms with van der Waals surface area (Å²) in [6, 6.07) is 9.36. The van der Waals surface area contributed by atoms with Gasteiger partial charge in [0.05, 0.1) is 5.92 Å². The van der Waals surface area contributed by atoms with Crippen LogP contribution in [0.15, 0.2) is 42.7 Å². The smallest absolute Gasteiger partial charge is 0.253 e. The summed E-state index contributed by atoms with van der Waals surface area (Å²) in [5, 5.41) is 3.05. The number of piperidine rings is 1. The van der Waals surface area contributed by atoms with Gasteiger partial charge in [-0.25, -0.2) is 9.97 Å². The molecule has 2 aliphatic heterocycles. The van der Waals surface area contributed by atoms with E-state index >= 15 is 0 Å². The minimum absolute atomic E-state index is 0.0539. The second-order valence-corrected chi connectivity index (χ2v) is 8.34. The molecule has 0 saturated carbocycles. The molecule has 2 aromatic rings. The first kappa shape index (κ1) is 21.2. The Morgan fingerprint density at radius 1 is 1.03 bits per heavy atom. The monoisotopic (exact) mass is 422 g/mol. The highest BCUT2D eigenvalue weighted by Crippen LogP contribution is 2.20. The zero-order valence-corrected chi connectivity index (χ0v) is 18.0. The lowest BCUT2D eigenvalue weighted by atomic mass is 9.97. The fourth-order valence-electron chi connectivity index (χ4n) is 4.12. The molecule has 3 heterocycles. The van der Waals surface area contributed by atoms with E-state index in [1.165, 1.54) is 0 Å². The summed E-state index contributed by atoms with van der Waals surface area (Å²) in [5.74, 6) is 0.739. The van der Waals surface area contributed by atoms with Crippen LogP contribution < -0.4 is 10.2 Å². The number of amides is 2. The van der Waals surface area contributed by atoms with Gasteiger partial charge in [-0.2, -0.15) is 0 Å². The molecule has 2 amide bonds. The lowest BCUT2D eigenvalue weighted by molar-refractivity contribution is -0.125. The van der Waals surface area contributed by atoms with Crippen molar-refractivity contribution in [3.05, 3.63) is 53.9 Å². The van der Waals surface area contributed by atoms with E-state index in [1.807, 2.05) is 29.2 Å². The van der Waals surface area contributed by atoms with E-state index in [1.54, 1.807) is 18.5 Å². The Kier molecular flexibility index (Phi) is 6.76. The van der Waals surface area contributed by atoms with Crippen molar-refractivity contribution in [2.45, 2.75) is 19.4 Å². The molecule has 4 rings (SSSR count). The number of hydrogen-bond donors (Lipinski definition) is 1. The average molecular weight is 423 g/mol. The predicted molar refractivity (Wildman–Crippen MR) is 119 cm³/mol. The van der Waals surface area contributed by atoms with Crippen molar-refractivity contribution in [2.24, 2.45) is 5.92 Å². The number of anilines is 1. The van der Waals surface area contributed by atoms with Crippen LogP contribution in [0.2, 0.25) is 0 Å². The number of aromatic nitrogens is 2. The first-order valence-corrected chi connectivity index (χ1v) is 11.0. The van der Waals surface area contributed by atoms with Crippen LogP contribution in [-0.2, 0) is 11.3 Å². The van der Waals surface area contributed by atoms with Crippen LogP contribution in [0, 0.1) is 5.92 Å². The Morgan fingerprint density at radius 2 is 1.74 bits per heavy atom. The van der Waals surface area contributed by atoms with E-state index < -0.39 is 0 Å². The molecule has 8 heteroatoms. The van der Waals surface area contributed by atoms with Crippen LogP contribution in [0.4, 0.5) is 5.95 Å². The Labute approximate surface area is 183 Å². The topological polar surface area (TPSA) is 81.7 Å². The molecular formula is C23H30N6O2. The van der Waals surface area contributed by atoms with E-state index in [9.17, 15) is 9.59 Å². The number of carbonyl (C=O) groups excluding carboxylic acids is 2. The summed E-state index contributed by atoms with van der Waals surface area (Å²) in [5.41, 5.74) is 1.69. The number of benzene rings is 1. The Morgan fingerprint density at radius 3 is 2.45 bits per heavy atom. The van der Waals surface area contributed by atoms with Crippen molar-refractivity contribution in [2.75, 3.05) is 51.2 Å². The van der Waals surface area contributed by atoms with E-state index in [2.05, 4.69) is 32.1 Å². The van der Waals surface area contributed by atoms with Gasteiger partial charge in [-0.1, -0.05) is 12.1 Å². The van der Waals surface area contributed by atoms with Gasteiger partial charge in [0, 0.05) is 63.8 Å². The van der Waals surface area contributed by atoms with Crippen LogP contribution in [-0.4, -0.2) is 77.9 Å². The Hall–Kier alpha value is -3.00. The van der Waals surface area contributed by atoms with Gasteiger partial charge in [0.25, 0.3) is 5.91 Å². The average Bonchev–Trinajstić information content (AvgIpc) is 2.83. The standard InChI is InChI=1S/C23H30N6O2/c1-27-12-14-28(15-13-27)22(31)19-7-5-18(6-8-19)16-26-21(30)20-4-2-11-29(17-20)23-24-9-3-10-25-23/h3,5-10,20H,2,4,11-17H2,1H3,(H,26,30). The summed E-state index contributed by atoms with van der Waals surface area (Å²) in [6.45, 7) is 5.31. The third-order valence-electron chi connectivity index (χ3n) is 6.09. The normalized spacial score (nSPS) is 19.8. The van der Waals surface area contributed by atoms with Crippen molar-refractivity contribution in [1.82, 2.24) is 25.1 Å². The third-order valence-corrected chi connectivity index (χ3v) is 6.09. The van der Waals surface area contributed by atoms with Gasteiger partial charge in [0.2, 0.25) is 11.9 Å². The maximum absolute atomic E-state index is 12.7. The largest absolute Gasteiger partial charge is 0.352 e. The molecule has 0 aliphatic carbocycles. The van der Waals surface area contributed by atoms with Crippen LogP contribution in [0.5, 0.6) is 0 Å². The molecule has 2 saturated heterocycles. The summed E-state index contributed by atoms with van der Waals surface area (Å²) in [7, 11) is 2.07. The molecule has 0 bridgehead atoms. The number of hydrogen-bond acceptors (Lipinski definition) is 6. The first-order valence-electron chi connectivity index (χ1n) is 11.0. The Bertz CT molecular complexity index is 881. The quantitative estimate of drug-likeness (QED) is 0.784. The Balaban J connectivity index is 1.28. The maximum Gasteiger partial charge on any atom is 0.253 e. The lowest BCUT2D eigenvalue weighted by Gasteiger charge is -2.32. The number of piperazine rings is 1. The summed E-state index contributed by atoms with van der Waals surface area (Å²) in [6.07, 6.45) is 5.27. The van der Waals surface area contributed by atoms with E-state index in [0.29, 0.717) is 24.6 Å². The van der Waals surface area contributed by atoms with Gasteiger partial charge >= 0.3 is 0 Å². The van der Waals surface area contributed by atoms with Crippen LogP contribution in [0.1, 0.15) is 28.8 Å². The van der Waals surface area contributed by atoms with Crippen LogP contribution in [0.3, 0.4) is 0 Å². The molecule has 1 atom stereocenters. The van der Waals surface area contributed by atoms with Gasteiger partial charge in [-0.15, -0.1) is 0 Å². The van der Waals surface area contributed by atoms with Crippen molar-refractivity contribution in [3.63, 3.8) is 0 Å². The zero-order chi connectivity index (χ0) is 21.6. The summed E-state index contributed by atoms with van der Waals surface area (Å²) in [4.78, 5) is 40.2. The number of nitrogens with zero attached hydrogens (tertiary/aromatic N) is 5. The highest BCUT2D eigenvalue weighted by molar-refractivity contribution is 5.94.